The molecule has 158 valence electrons. The number of benzene rings is 1. The number of aromatic nitrogens is 5. The van der Waals surface area contributed by atoms with Crippen molar-refractivity contribution in [3.8, 4) is 17.4 Å². The van der Waals surface area contributed by atoms with E-state index >= 15 is 0 Å². The second kappa shape index (κ2) is 8.51. The van der Waals surface area contributed by atoms with Crippen molar-refractivity contribution in [2.45, 2.75) is 26.8 Å². The number of ether oxygens (including phenoxy) is 1. The van der Waals surface area contributed by atoms with Crippen LogP contribution in [0.1, 0.15) is 29.7 Å². The number of carbonyl (C=O) groups excluding carboxylic acids is 1. The normalized spacial score (nSPS) is 12.0. The molecule has 1 amide bonds. The molecule has 8 nitrogen and oxygen atoms in total. The first kappa shape index (κ1) is 20.5. The van der Waals surface area contributed by atoms with Gasteiger partial charge in [0, 0.05) is 25.5 Å². The van der Waals surface area contributed by atoms with Crippen LogP contribution in [0.5, 0.6) is 5.88 Å². The van der Waals surface area contributed by atoms with E-state index in [1.54, 1.807) is 29.2 Å². The molecule has 4 rings (SSSR count). The van der Waals surface area contributed by atoms with Gasteiger partial charge < -0.3 is 10.1 Å². The summed E-state index contributed by atoms with van der Waals surface area (Å²) in [7, 11) is 1.81. The Labute approximate surface area is 180 Å². The molecular formula is C23H24N6O2. The molecule has 3 aromatic heterocycles. The van der Waals surface area contributed by atoms with Crippen LogP contribution in [0.15, 0.2) is 48.8 Å². The van der Waals surface area contributed by atoms with Crippen LogP contribution in [-0.4, -0.2) is 37.2 Å². The molecule has 4 aromatic rings. The second-order valence-corrected chi connectivity index (χ2v) is 7.46. The smallest absolute Gasteiger partial charge is 0.258 e. The molecule has 0 fully saturated rings. The Morgan fingerprint density at radius 1 is 1.13 bits per heavy atom. The molecule has 0 radical (unpaired) electrons. The molecule has 0 aliphatic heterocycles. The monoisotopic (exact) mass is 416 g/mol. The van der Waals surface area contributed by atoms with Crippen molar-refractivity contribution < 1.29 is 9.53 Å². The van der Waals surface area contributed by atoms with Gasteiger partial charge in [0.05, 0.1) is 11.4 Å². The third-order valence-electron chi connectivity index (χ3n) is 5.13. The highest BCUT2D eigenvalue weighted by Crippen LogP contribution is 2.29. The standard InChI is InChI=1S/C23H24N6O2/c1-14-8-5-6-9-17(14)16(3)26-18(30)13-31-19-12-15(2)20-21(22-24-10-7-11-25-22)28-29(4)23(20)27-19/h5-12,16H,13H2,1-4H3,(H,26,30). The van der Waals surface area contributed by atoms with Gasteiger partial charge in [0.1, 0.15) is 5.69 Å². The fourth-order valence-corrected chi connectivity index (χ4v) is 3.63. The van der Waals surface area contributed by atoms with Gasteiger partial charge in [-0.25, -0.2) is 14.6 Å². The van der Waals surface area contributed by atoms with Gasteiger partial charge in [-0.2, -0.15) is 10.1 Å². The Morgan fingerprint density at radius 3 is 2.61 bits per heavy atom. The van der Waals surface area contributed by atoms with Gasteiger partial charge >= 0.3 is 0 Å². The number of hydrogen-bond donors (Lipinski definition) is 1. The predicted molar refractivity (Wildman–Crippen MR) is 118 cm³/mol. The van der Waals surface area contributed by atoms with Gasteiger partial charge in [0.25, 0.3) is 5.91 Å². The average molecular weight is 416 g/mol. The molecular weight excluding hydrogens is 392 g/mol. The molecule has 0 aliphatic carbocycles. The Bertz CT molecular complexity index is 1240. The molecule has 0 aliphatic rings. The van der Waals surface area contributed by atoms with Crippen LogP contribution < -0.4 is 10.1 Å². The molecule has 0 saturated heterocycles. The largest absolute Gasteiger partial charge is 0.468 e. The first-order valence-corrected chi connectivity index (χ1v) is 10.0. The van der Waals surface area contributed by atoms with E-state index in [2.05, 4.69) is 25.4 Å². The minimum Gasteiger partial charge on any atom is -0.468 e. The summed E-state index contributed by atoms with van der Waals surface area (Å²) in [5, 5.41) is 8.36. The Balaban J connectivity index is 1.50. The number of hydrogen-bond acceptors (Lipinski definition) is 6. The maximum absolute atomic E-state index is 12.4. The van der Waals surface area contributed by atoms with Crippen LogP contribution in [-0.2, 0) is 11.8 Å². The van der Waals surface area contributed by atoms with Crippen molar-refractivity contribution in [3.63, 3.8) is 0 Å². The third-order valence-corrected chi connectivity index (χ3v) is 5.13. The van der Waals surface area contributed by atoms with Gasteiger partial charge in [0.15, 0.2) is 18.1 Å². The number of aryl methyl sites for hydroxylation is 3. The van der Waals surface area contributed by atoms with Crippen LogP contribution in [0.4, 0.5) is 0 Å². The highest BCUT2D eigenvalue weighted by atomic mass is 16.5. The molecule has 1 aromatic carbocycles. The van der Waals surface area contributed by atoms with E-state index in [1.807, 2.05) is 52.1 Å². The second-order valence-electron chi connectivity index (χ2n) is 7.46. The average Bonchev–Trinajstić information content (AvgIpc) is 3.10. The summed E-state index contributed by atoms with van der Waals surface area (Å²) in [6.07, 6.45) is 3.36. The maximum Gasteiger partial charge on any atom is 0.258 e. The molecule has 1 unspecified atom stereocenters. The SMILES string of the molecule is Cc1ccccc1C(C)NC(=O)COc1cc(C)c2c(-c3ncccn3)nn(C)c2n1. The van der Waals surface area contributed by atoms with Crippen molar-refractivity contribution in [3.05, 3.63) is 65.5 Å². The summed E-state index contributed by atoms with van der Waals surface area (Å²) in [4.78, 5) is 25.6. The molecule has 1 atom stereocenters. The summed E-state index contributed by atoms with van der Waals surface area (Å²) in [5.41, 5.74) is 4.44. The first-order chi connectivity index (χ1) is 14.9. The number of nitrogens with zero attached hydrogens (tertiary/aromatic N) is 5. The minimum absolute atomic E-state index is 0.111. The highest BCUT2D eigenvalue weighted by molar-refractivity contribution is 5.92. The van der Waals surface area contributed by atoms with E-state index in [4.69, 9.17) is 4.74 Å². The summed E-state index contributed by atoms with van der Waals surface area (Å²) in [6, 6.07) is 11.4. The van der Waals surface area contributed by atoms with E-state index in [-0.39, 0.29) is 18.6 Å². The maximum atomic E-state index is 12.4. The molecule has 0 saturated carbocycles. The van der Waals surface area contributed by atoms with E-state index in [0.29, 0.717) is 23.0 Å². The summed E-state index contributed by atoms with van der Waals surface area (Å²) in [6.45, 7) is 5.81. The molecule has 3 heterocycles. The van der Waals surface area contributed by atoms with Gasteiger partial charge in [-0.1, -0.05) is 24.3 Å². The number of carbonyl (C=O) groups is 1. The molecule has 1 N–H and O–H groups in total. The molecule has 8 heteroatoms. The van der Waals surface area contributed by atoms with E-state index in [0.717, 1.165) is 22.1 Å². The third kappa shape index (κ3) is 4.23. The number of rotatable bonds is 6. The lowest BCUT2D eigenvalue weighted by Gasteiger charge is -2.16. The zero-order chi connectivity index (χ0) is 22.0. The fraction of sp³-hybridized carbons (Fsp3) is 0.261. The van der Waals surface area contributed by atoms with E-state index < -0.39 is 0 Å². The zero-order valence-electron chi connectivity index (χ0n) is 18.0. The number of pyridine rings is 1. The quantitative estimate of drug-likeness (QED) is 0.518. The van der Waals surface area contributed by atoms with Gasteiger partial charge in [-0.15, -0.1) is 0 Å². The zero-order valence-corrected chi connectivity index (χ0v) is 18.0. The number of fused-ring (bicyclic) bond motifs is 1. The van der Waals surface area contributed by atoms with Gasteiger partial charge in [-0.05, 0) is 43.5 Å². The summed E-state index contributed by atoms with van der Waals surface area (Å²) < 4.78 is 7.37. The highest BCUT2D eigenvalue weighted by Gasteiger charge is 2.18. The topological polar surface area (TPSA) is 94.8 Å². The Morgan fingerprint density at radius 2 is 1.87 bits per heavy atom. The molecule has 31 heavy (non-hydrogen) atoms. The van der Waals surface area contributed by atoms with E-state index in [9.17, 15) is 4.79 Å². The summed E-state index contributed by atoms with van der Waals surface area (Å²) in [5.74, 6) is 0.696. The summed E-state index contributed by atoms with van der Waals surface area (Å²) >= 11 is 0. The van der Waals surface area contributed by atoms with Crippen molar-refractivity contribution in [2.24, 2.45) is 7.05 Å². The van der Waals surface area contributed by atoms with Crippen LogP contribution in [0, 0.1) is 13.8 Å². The lowest BCUT2D eigenvalue weighted by Crippen LogP contribution is -2.31. The number of nitrogens with one attached hydrogen (secondary N) is 1. The van der Waals surface area contributed by atoms with Crippen molar-refractivity contribution in [1.82, 2.24) is 30.0 Å². The van der Waals surface area contributed by atoms with Crippen molar-refractivity contribution >= 4 is 16.9 Å². The van der Waals surface area contributed by atoms with E-state index in [1.165, 1.54) is 0 Å². The van der Waals surface area contributed by atoms with Crippen LogP contribution >= 0.6 is 0 Å². The van der Waals surface area contributed by atoms with Crippen LogP contribution in [0.3, 0.4) is 0 Å². The fourth-order valence-electron chi connectivity index (χ4n) is 3.63. The molecule has 0 bridgehead atoms. The van der Waals surface area contributed by atoms with Gasteiger partial charge in [-0.3, -0.25) is 4.79 Å². The van der Waals surface area contributed by atoms with Crippen LogP contribution in [0.2, 0.25) is 0 Å². The first-order valence-electron chi connectivity index (χ1n) is 10.0. The van der Waals surface area contributed by atoms with Crippen molar-refractivity contribution in [1.29, 1.82) is 0 Å². The van der Waals surface area contributed by atoms with Crippen LogP contribution in [0.25, 0.3) is 22.6 Å². The molecule has 0 spiro atoms. The lowest BCUT2D eigenvalue weighted by atomic mass is 10.0. The Hall–Kier alpha value is -3.81. The lowest BCUT2D eigenvalue weighted by molar-refractivity contribution is -0.123. The number of amides is 1. The Kier molecular flexibility index (Phi) is 5.62. The van der Waals surface area contributed by atoms with Gasteiger partial charge in [0.2, 0.25) is 5.88 Å². The van der Waals surface area contributed by atoms with Crippen molar-refractivity contribution in [2.75, 3.05) is 6.61 Å². The predicted octanol–water partition coefficient (Wildman–Crippen LogP) is 3.30. The minimum atomic E-state index is -0.210.